The van der Waals surface area contributed by atoms with Crippen molar-refractivity contribution in [1.82, 2.24) is 14.7 Å². The molecule has 0 saturated carbocycles. The zero-order chi connectivity index (χ0) is 25.9. The van der Waals surface area contributed by atoms with Crippen LogP contribution in [-0.4, -0.2) is 42.3 Å². The molecule has 184 valence electrons. The fourth-order valence-corrected chi connectivity index (χ4v) is 4.35. The second kappa shape index (κ2) is 10.0. The van der Waals surface area contributed by atoms with Crippen molar-refractivity contribution in [2.45, 2.75) is 24.8 Å². The van der Waals surface area contributed by atoms with Crippen LogP contribution >= 0.6 is 0 Å². The Hall–Kier alpha value is -4.51. The number of hydrogen-bond donors (Lipinski definition) is 3. The van der Waals surface area contributed by atoms with Crippen molar-refractivity contribution < 1.29 is 27.5 Å². The molecule has 3 aromatic carbocycles. The second-order valence-corrected chi connectivity index (χ2v) is 9.59. The molecule has 1 atom stereocenters. The number of nitrogens with zero attached hydrogens (tertiary/aromatic N) is 1. The number of benzene rings is 3. The first-order valence-corrected chi connectivity index (χ1v) is 12.3. The van der Waals surface area contributed by atoms with Crippen LogP contribution < -0.4 is 10.0 Å². The molecule has 0 bridgehead atoms. The zero-order valence-corrected chi connectivity index (χ0v) is 20.1. The smallest absolute Gasteiger partial charge is 0.338 e. The summed E-state index contributed by atoms with van der Waals surface area (Å²) in [6.45, 7) is 2.51. The fraction of sp³-hybridized carbons (Fsp3) is 0.120. The van der Waals surface area contributed by atoms with E-state index in [0.29, 0.717) is 16.9 Å². The minimum absolute atomic E-state index is 0.139. The minimum Gasteiger partial charge on any atom is -0.449 e. The van der Waals surface area contributed by atoms with Crippen LogP contribution in [0, 0.1) is 0 Å². The number of fused-ring (bicyclic) bond motifs is 1. The second-order valence-electron chi connectivity index (χ2n) is 7.91. The van der Waals surface area contributed by atoms with Crippen molar-refractivity contribution in [2.24, 2.45) is 0 Å². The van der Waals surface area contributed by atoms with Crippen LogP contribution in [0.25, 0.3) is 22.4 Å². The number of ether oxygens (including phenoxy) is 1. The molecule has 1 unspecified atom stereocenters. The molecule has 3 N–H and O–H groups in total. The van der Waals surface area contributed by atoms with E-state index in [2.05, 4.69) is 15.3 Å². The molecule has 0 aliphatic heterocycles. The Labute approximate surface area is 206 Å². The highest BCUT2D eigenvalue weighted by Gasteiger charge is 2.21. The monoisotopic (exact) mass is 506 g/mol. The third-order valence-corrected chi connectivity index (χ3v) is 6.58. The van der Waals surface area contributed by atoms with Gasteiger partial charge >= 0.3 is 5.97 Å². The predicted octanol–water partition coefficient (Wildman–Crippen LogP) is 3.24. The number of imidazole rings is 1. The van der Waals surface area contributed by atoms with Crippen LogP contribution in [0.4, 0.5) is 5.69 Å². The van der Waals surface area contributed by atoms with Gasteiger partial charge in [0.25, 0.3) is 15.9 Å². The van der Waals surface area contributed by atoms with E-state index in [1.807, 2.05) is 35.1 Å². The average Bonchev–Trinajstić information content (AvgIpc) is 3.27. The quantitative estimate of drug-likeness (QED) is 0.326. The van der Waals surface area contributed by atoms with Gasteiger partial charge in [0, 0.05) is 18.2 Å². The van der Waals surface area contributed by atoms with Crippen molar-refractivity contribution in [3.05, 3.63) is 78.4 Å². The summed E-state index contributed by atoms with van der Waals surface area (Å²) in [6.07, 6.45) is -1.13. The van der Waals surface area contributed by atoms with Crippen LogP contribution in [0.1, 0.15) is 24.2 Å². The maximum Gasteiger partial charge on any atom is 0.338 e. The lowest BCUT2D eigenvalue weighted by Crippen LogP contribution is -2.30. The first-order valence-electron chi connectivity index (χ1n) is 10.8. The van der Waals surface area contributed by atoms with Gasteiger partial charge in [0.15, 0.2) is 6.10 Å². The number of sulfonamides is 1. The van der Waals surface area contributed by atoms with Crippen LogP contribution in [0.3, 0.4) is 0 Å². The fourth-order valence-electron chi connectivity index (χ4n) is 3.36. The van der Waals surface area contributed by atoms with E-state index < -0.39 is 33.9 Å². The molecule has 0 aliphatic rings. The molecule has 1 aromatic heterocycles. The molecule has 0 saturated heterocycles. The minimum atomic E-state index is -3.99. The lowest BCUT2D eigenvalue weighted by atomic mass is 10.2. The van der Waals surface area contributed by atoms with Gasteiger partial charge < -0.3 is 15.0 Å². The SMILES string of the molecule is CC(=O)NS(=O)(=O)c1ccc(NC(=O)C(C)OC(=O)c2ccc3nc(-c4ccccc4)[nH]c3c2)cc1. The number of aromatic amines is 1. The predicted molar refractivity (Wildman–Crippen MR) is 132 cm³/mol. The summed E-state index contributed by atoms with van der Waals surface area (Å²) in [5.41, 5.74) is 2.77. The zero-order valence-electron chi connectivity index (χ0n) is 19.3. The van der Waals surface area contributed by atoms with E-state index in [1.54, 1.807) is 18.2 Å². The average molecular weight is 507 g/mol. The maximum atomic E-state index is 12.6. The van der Waals surface area contributed by atoms with Crippen LogP contribution in [0.15, 0.2) is 77.7 Å². The Morgan fingerprint density at radius 3 is 2.33 bits per heavy atom. The molecule has 4 rings (SSSR count). The Balaban J connectivity index is 1.40. The van der Waals surface area contributed by atoms with E-state index in [1.165, 1.54) is 31.2 Å². The molecule has 0 radical (unpaired) electrons. The van der Waals surface area contributed by atoms with E-state index in [-0.39, 0.29) is 16.1 Å². The molecule has 4 aromatic rings. The van der Waals surface area contributed by atoms with E-state index in [9.17, 15) is 22.8 Å². The first-order chi connectivity index (χ1) is 17.1. The number of esters is 1. The molecule has 0 aliphatic carbocycles. The molecule has 2 amide bonds. The van der Waals surface area contributed by atoms with Gasteiger partial charge in [0.1, 0.15) is 5.82 Å². The van der Waals surface area contributed by atoms with Gasteiger partial charge in [0.2, 0.25) is 5.91 Å². The molecule has 11 heteroatoms. The van der Waals surface area contributed by atoms with Gasteiger partial charge in [0.05, 0.1) is 21.5 Å². The summed E-state index contributed by atoms with van der Waals surface area (Å²) >= 11 is 0. The molecule has 10 nitrogen and oxygen atoms in total. The summed E-state index contributed by atoms with van der Waals surface area (Å²) < 4.78 is 31.2. The van der Waals surface area contributed by atoms with Gasteiger partial charge in [-0.1, -0.05) is 30.3 Å². The van der Waals surface area contributed by atoms with Crippen molar-refractivity contribution in [1.29, 1.82) is 0 Å². The molecule has 36 heavy (non-hydrogen) atoms. The highest BCUT2D eigenvalue weighted by Crippen LogP contribution is 2.22. The molecule has 0 spiro atoms. The Bertz CT molecular complexity index is 1550. The van der Waals surface area contributed by atoms with Crippen molar-refractivity contribution in [3.63, 3.8) is 0 Å². The number of anilines is 1. The maximum absolute atomic E-state index is 12.6. The largest absolute Gasteiger partial charge is 0.449 e. The topological polar surface area (TPSA) is 147 Å². The molecular weight excluding hydrogens is 484 g/mol. The number of carbonyl (C=O) groups excluding carboxylic acids is 3. The third kappa shape index (κ3) is 5.58. The van der Waals surface area contributed by atoms with Gasteiger partial charge in [-0.3, -0.25) is 9.59 Å². The molecular formula is C25H22N4O6S. The number of H-pyrrole nitrogens is 1. The van der Waals surface area contributed by atoms with Crippen molar-refractivity contribution >= 4 is 44.5 Å². The molecule has 1 heterocycles. The van der Waals surface area contributed by atoms with Crippen LogP contribution in [0.2, 0.25) is 0 Å². The summed E-state index contributed by atoms with van der Waals surface area (Å²) in [6, 6.07) is 19.6. The first kappa shape index (κ1) is 24.6. The van der Waals surface area contributed by atoms with E-state index in [4.69, 9.17) is 4.74 Å². The van der Waals surface area contributed by atoms with Gasteiger partial charge in [-0.2, -0.15) is 0 Å². The summed E-state index contributed by atoms with van der Waals surface area (Å²) in [4.78, 5) is 43.7. The number of hydrogen-bond acceptors (Lipinski definition) is 7. The Morgan fingerprint density at radius 2 is 1.67 bits per heavy atom. The van der Waals surface area contributed by atoms with Gasteiger partial charge in [-0.25, -0.2) is 22.9 Å². The van der Waals surface area contributed by atoms with E-state index in [0.717, 1.165) is 12.5 Å². The van der Waals surface area contributed by atoms with Crippen LogP contribution in [0.5, 0.6) is 0 Å². The standard InChI is InChI=1S/C25H22N4O6S/c1-15(24(31)26-19-9-11-20(12-10-19)36(33,34)29-16(2)30)35-25(32)18-8-13-21-22(14-18)28-23(27-21)17-6-4-3-5-7-17/h3-15H,1-2H3,(H,26,31)(H,27,28)(H,29,30). The Kier molecular flexibility index (Phi) is 6.84. The summed E-state index contributed by atoms with van der Waals surface area (Å²) in [7, 11) is -3.99. The summed E-state index contributed by atoms with van der Waals surface area (Å²) in [5, 5.41) is 2.55. The van der Waals surface area contributed by atoms with E-state index >= 15 is 0 Å². The van der Waals surface area contributed by atoms with Gasteiger partial charge in [-0.05, 0) is 49.4 Å². The highest BCUT2D eigenvalue weighted by atomic mass is 32.2. The number of amides is 2. The molecule has 0 fully saturated rings. The number of carbonyl (C=O) groups is 3. The van der Waals surface area contributed by atoms with Gasteiger partial charge in [-0.15, -0.1) is 0 Å². The highest BCUT2D eigenvalue weighted by molar-refractivity contribution is 7.90. The number of nitrogens with one attached hydrogen (secondary N) is 3. The normalized spacial score (nSPS) is 12.1. The lowest BCUT2D eigenvalue weighted by molar-refractivity contribution is -0.123. The number of aromatic nitrogens is 2. The van der Waals surface area contributed by atoms with Crippen LogP contribution in [-0.2, 0) is 24.3 Å². The lowest BCUT2D eigenvalue weighted by Gasteiger charge is -2.14. The number of rotatable bonds is 7. The third-order valence-electron chi connectivity index (χ3n) is 5.13. The van der Waals surface area contributed by atoms with Crippen molar-refractivity contribution in [3.8, 4) is 11.4 Å². The summed E-state index contributed by atoms with van der Waals surface area (Å²) in [5.74, 6) is -1.34. The Morgan fingerprint density at radius 1 is 0.972 bits per heavy atom. The van der Waals surface area contributed by atoms with Crippen molar-refractivity contribution in [2.75, 3.05) is 5.32 Å².